The van der Waals surface area contributed by atoms with Crippen LogP contribution in [0.3, 0.4) is 0 Å². The maximum absolute atomic E-state index is 10.4. The topological polar surface area (TPSA) is 125 Å². The number of ether oxygens (including phenoxy) is 1. The van der Waals surface area contributed by atoms with Gasteiger partial charge in [-0.15, -0.1) is 0 Å². The van der Waals surface area contributed by atoms with E-state index >= 15 is 0 Å². The molecule has 1 aliphatic heterocycles. The van der Waals surface area contributed by atoms with Crippen LogP contribution >= 0.6 is 11.8 Å². The van der Waals surface area contributed by atoms with Crippen LogP contribution in [0, 0.1) is 6.92 Å². The Balaban J connectivity index is 1.76. The second-order valence-electron chi connectivity index (χ2n) is 5.63. The van der Waals surface area contributed by atoms with Crippen LogP contribution < -0.4 is 11.5 Å². The van der Waals surface area contributed by atoms with Gasteiger partial charge in [0.1, 0.15) is 17.9 Å². The van der Waals surface area contributed by atoms with Crippen LogP contribution in [0.25, 0.3) is 11.2 Å². The van der Waals surface area contributed by atoms with Gasteiger partial charge in [0.25, 0.3) is 0 Å². The number of hydrogen-bond acceptors (Lipinski definition) is 8. The lowest BCUT2D eigenvalue weighted by Gasteiger charge is -2.17. The number of fused-ring (bicyclic) bond motifs is 1. The normalized spacial score (nSPS) is 27.8. The molecule has 3 heterocycles. The maximum atomic E-state index is 10.4. The van der Waals surface area contributed by atoms with Crippen molar-refractivity contribution in [1.82, 2.24) is 19.5 Å². The lowest BCUT2D eigenvalue weighted by molar-refractivity contribution is -0.00494. The number of aromatic nitrogens is 4. The number of aliphatic hydroxyl groups excluding tert-OH is 1. The molecule has 4 atom stereocenters. The van der Waals surface area contributed by atoms with E-state index in [-0.39, 0.29) is 6.10 Å². The van der Waals surface area contributed by atoms with E-state index in [0.717, 1.165) is 23.4 Å². The van der Waals surface area contributed by atoms with Gasteiger partial charge in [-0.05, 0) is 25.6 Å². The van der Waals surface area contributed by atoms with Gasteiger partial charge < -0.3 is 21.3 Å². The fourth-order valence-electron chi connectivity index (χ4n) is 2.70. The molecule has 9 heteroatoms. The SMILES string of the molecule is Cc1ncnc2c1ncn2[C@@H]1O[C@H](CSCCCN)[C@@H](O)[C@H]1N. The number of hydrogen-bond donors (Lipinski definition) is 3. The average Bonchev–Trinajstić information content (AvgIpc) is 3.09. The highest BCUT2D eigenvalue weighted by molar-refractivity contribution is 7.99. The molecule has 0 amide bonds. The number of thioether (sulfide) groups is 1. The van der Waals surface area contributed by atoms with E-state index in [2.05, 4.69) is 15.0 Å². The molecule has 8 nitrogen and oxygen atoms in total. The van der Waals surface area contributed by atoms with E-state index in [1.165, 1.54) is 6.33 Å². The highest BCUT2D eigenvalue weighted by Crippen LogP contribution is 2.31. The molecule has 0 aromatic carbocycles. The van der Waals surface area contributed by atoms with Gasteiger partial charge in [-0.25, -0.2) is 15.0 Å². The van der Waals surface area contributed by atoms with E-state index < -0.39 is 18.4 Å². The first kappa shape index (κ1) is 16.6. The van der Waals surface area contributed by atoms with E-state index in [1.54, 1.807) is 22.7 Å². The highest BCUT2D eigenvalue weighted by atomic mass is 32.2. The zero-order chi connectivity index (χ0) is 16.4. The third-order valence-electron chi connectivity index (χ3n) is 4.01. The highest BCUT2D eigenvalue weighted by Gasteiger charge is 2.42. The van der Waals surface area contributed by atoms with Gasteiger partial charge in [0.05, 0.1) is 24.2 Å². The minimum atomic E-state index is -0.717. The Kier molecular flexibility index (Phi) is 5.12. The van der Waals surface area contributed by atoms with Crippen LogP contribution in [0.15, 0.2) is 12.7 Å². The molecule has 1 fully saturated rings. The van der Waals surface area contributed by atoms with Crippen LogP contribution in [0.1, 0.15) is 18.3 Å². The Morgan fingerprint density at radius 2 is 2.22 bits per heavy atom. The molecule has 2 aromatic heterocycles. The van der Waals surface area contributed by atoms with Gasteiger partial charge >= 0.3 is 0 Å². The summed E-state index contributed by atoms with van der Waals surface area (Å²) in [6.07, 6.45) is 2.58. The molecule has 0 unspecified atom stereocenters. The summed E-state index contributed by atoms with van der Waals surface area (Å²) in [6, 6.07) is -0.525. The standard InChI is InChI=1S/C14H22N6O2S/c1-8-11-13(18-6-17-8)20(7-19-11)14-10(16)12(21)9(22-14)5-23-4-2-3-15/h6-7,9-10,12,14,21H,2-5,15-16H2,1H3/t9-,10-,12-,14-/m1/s1. The quantitative estimate of drug-likeness (QED) is 0.619. The smallest absolute Gasteiger partial charge is 0.165 e. The summed E-state index contributed by atoms with van der Waals surface area (Å²) in [5.41, 5.74) is 13.8. The Morgan fingerprint density at radius 1 is 1.39 bits per heavy atom. The first-order chi connectivity index (χ1) is 11.1. The van der Waals surface area contributed by atoms with Crippen LogP contribution in [0.5, 0.6) is 0 Å². The second kappa shape index (κ2) is 7.10. The predicted octanol–water partition coefficient (Wildman–Crippen LogP) is -0.198. The third-order valence-corrected chi connectivity index (χ3v) is 5.15. The first-order valence-electron chi connectivity index (χ1n) is 7.64. The van der Waals surface area contributed by atoms with Crippen molar-refractivity contribution in [2.45, 2.75) is 37.8 Å². The molecule has 2 aromatic rings. The molecule has 0 aliphatic carbocycles. The van der Waals surface area contributed by atoms with Crippen LogP contribution in [0.2, 0.25) is 0 Å². The van der Waals surface area contributed by atoms with Gasteiger partial charge in [-0.2, -0.15) is 11.8 Å². The molecule has 1 aliphatic rings. The molecule has 0 radical (unpaired) electrons. The second-order valence-corrected chi connectivity index (χ2v) is 6.78. The van der Waals surface area contributed by atoms with Crippen LogP contribution in [0.4, 0.5) is 0 Å². The minimum Gasteiger partial charge on any atom is -0.389 e. The number of nitrogens with zero attached hydrogens (tertiary/aromatic N) is 4. The van der Waals surface area contributed by atoms with Gasteiger partial charge in [0.2, 0.25) is 0 Å². The molecule has 0 bridgehead atoms. The van der Waals surface area contributed by atoms with Crippen LogP contribution in [-0.2, 0) is 4.74 Å². The molecular weight excluding hydrogens is 316 g/mol. The molecule has 0 spiro atoms. The number of aryl methyl sites for hydroxylation is 1. The fraction of sp³-hybridized carbons (Fsp3) is 0.643. The molecule has 0 saturated carbocycles. The maximum Gasteiger partial charge on any atom is 0.165 e. The first-order valence-corrected chi connectivity index (χ1v) is 8.80. The summed E-state index contributed by atoms with van der Waals surface area (Å²) in [7, 11) is 0. The summed E-state index contributed by atoms with van der Waals surface area (Å²) in [4.78, 5) is 12.7. The summed E-state index contributed by atoms with van der Waals surface area (Å²) in [5.74, 6) is 1.63. The molecule has 23 heavy (non-hydrogen) atoms. The van der Waals surface area contributed by atoms with Crippen molar-refractivity contribution in [3.63, 3.8) is 0 Å². The van der Waals surface area contributed by atoms with Crippen molar-refractivity contribution in [3.8, 4) is 0 Å². The Bertz CT molecular complexity index is 666. The summed E-state index contributed by atoms with van der Waals surface area (Å²) in [6.45, 7) is 2.55. The minimum absolute atomic E-state index is 0.307. The zero-order valence-electron chi connectivity index (χ0n) is 13.0. The van der Waals surface area contributed by atoms with Crippen molar-refractivity contribution in [2.75, 3.05) is 18.1 Å². The monoisotopic (exact) mass is 338 g/mol. The van der Waals surface area contributed by atoms with Crippen molar-refractivity contribution >= 4 is 22.9 Å². The van der Waals surface area contributed by atoms with Gasteiger partial charge in [-0.1, -0.05) is 0 Å². The summed E-state index contributed by atoms with van der Waals surface area (Å²) in [5, 5.41) is 10.4. The zero-order valence-corrected chi connectivity index (χ0v) is 13.8. The fourth-order valence-corrected chi connectivity index (χ4v) is 3.74. The van der Waals surface area contributed by atoms with E-state index in [9.17, 15) is 5.11 Å². The molecular formula is C14H22N6O2S. The van der Waals surface area contributed by atoms with Gasteiger partial charge in [0, 0.05) is 5.75 Å². The van der Waals surface area contributed by atoms with Crippen molar-refractivity contribution < 1.29 is 9.84 Å². The summed E-state index contributed by atoms with van der Waals surface area (Å²) >= 11 is 1.72. The van der Waals surface area contributed by atoms with E-state index in [0.29, 0.717) is 17.9 Å². The Morgan fingerprint density at radius 3 is 3.00 bits per heavy atom. The number of imidazole rings is 1. The average molecular weight is 338 g/mol. The lowest BCUT2D eigenvalue weighted by Crippen LogP contribution is -2.39. The van der Waals surface area contributed by atoms with E-state index in [4.69, 9.17) is 16.2 Å². The van der Waals surface area contributed by atoms with Gasteiger partial charge in [-0.3, -0.25) is 4.57 Å². The van der Waals surface area contributed by atoms with Gasteiger partial charge in [0.15, 0.2) is 11.9 Å². The van der Waals surface area contributed by atoms with Crippen LogP contribution in [-0.4, -0.2) is 60.9 Å². The molecule has 126 valence electrons. The lowest BCUT2D eigenvalue weighted by atomic mass is 10.1. The summed E-state index contributed by atoms with van der Waals surface area (Å²) < 4.78 is 7.77. The van der Waals surface area contributed by atoms with Crippen molar-refractivity contribution in [3.05, 3.63) is 18.3 Å². The molecule has 1 saturated heterocycles. The number of rotatable bonds is 6. The Labute approximate surface area is 138 Å². The largest absolute Gasteiger partial charge is 0.389 e. The van der Waals surface area contributed by atoms with E-state index in [1.807, 2.05) is 6.92 Å². The van der Waals surface area contributed by atoms with Crippen molar-refractivity contribution in [2.24, 2.45) is 11.5 Å². The van der Waals surface area contributed by atoms with Crippen molar-refractivity contribution in [1.29, 1.82) is 0 Å². The Hall–Kier alpha value is -1.26. The third kappa shape index (κ3) is 3.20. The number of nitrogens with two attached hydrogens (primary N) is 2. The molecule has 5 N–H and O–H groups in total. The number of aliphatic hydroxyl groups is 1. The predicted molar refractivity (Wildman–Crippen MR) is 88.9 cm³/mol. The molecule has 3 rings (SSSR count).